The summed E-state index contributed by atoms with van der Waals surface area (Å²) in [6.07, 6.45) is 3.15. The molecule has 9 heteroatoms. The molecule has 2 fully saturated rings. The Hall–Kier alpha value is -1.52. The van der Waals surface area contributed by atoms with Crippen LogP contribution in [0.1, 0.15) is 28.6 Å². The number of ether oxygens (including phenoxy) is 2. The maximum atomic E-state index is 10.7. The molecule has 1 N–H and O–H groups in total. The Bertz CT molecular complexity index is 859. The molecular weight excluding hydrogens is 360 g/mol. The van der Waals surface area contributed by atoms with Gasteiger partial charge in [0, 0.05) is 30.8 Å². The Morgan fingerprint density at radius 1 is 1.24 bits per heavy atom. The molecule has 0 aliphatic carbocycles. The van der Waals surface area contributed by atoms with Gasteiger partial charge in [-0.1, -0.05) is 17.4 Å². The first-order chi connectivity index (χ1) is 12.3. The minimum absolute atomic E-state index is 0.00672. The molecule has 132 valence electrons. The third kappa shape index (κ3) is 2.58. The van der Waals surface area contributed by atoms with Crippen LogP contribution >= 0.6 is 22.7 Å². The lowest BCUT2D eigenvalue weighted by Gasteiger charge is -2.40. The van der Waals surface area contributed by atoms with Crippen molar-refractivity contribution < 1.29 is 14.6 Å². The minimum atomic E-state index is -0.399. The summed E-state index contributed by atoms with van der Waals surface area (Å²) in [7, 11) is 0. The molecule has 1 spiro atoms. The van der Waals surface area contributed by atoms with E-state index in [2.05, 4.69) is 32.5 Å². The molecule has 25 heavy (non-hydrogen) atoms. The fourth-order valence-corrected chi connectivity index (χ4v) is 5.73. The van der Waals surface area contributed by atoms with Crippen LogP contribution in [0.5, 0.6) is 5.88 Å². The molecule has 2 aliphatic heterocycles. The molecule has 2 aliphatic rings. The van der Waals surface area contributed by atoms with Gasteiger partial charge in [0.1, 0.15) is 6.33 Å². The Labute approximate surface area is 152 Å². The van der Waals surface area contributed by atoms with Crippen molar-refractivity contribution in [1.29, 1.82) is 0 Å². The molecule has 1 atom stereocenters. The molecular formula is C16H18N4O3S2. The third-order valence-electron chi connectivity index (χ3n) is 4.94. The molecule has 3 aromatic rings. The lowest BCUT2D eigenvalue weighted by Crippen LogP contribution is -2.46. The number of likely N-dealkylation sites (tertiary alicyclic amines) is 1. The molecule has 5 rings (SSSR count). The average Bonchev–Trinajstić information content (AvgIpc) is 3.39. The van der Waals surface area contributed by atoms with Crippen LogP contribution in [0.3, 0.4) is 0 Å². The van der Waals surface area contributed by atoms with Crippen LogP contribution in [-0.4, -0.2) is 56.7 Å². The molecule has 0 bridgehead atoms. The molecule has 0 radical (unpaired) electrons. The fourth-order valence-electron chi connectivity index (χ4n) is 3.70. The van der Waals surface area contributed by atoms with Crippen LogP contribution in [0.2, 0.25) is 0 Å². The van der Waals surface area contributed by atoms with E-state index >= 15 is 0 Å². The van der Waals surface area contributed by atoms with Crippen LogP contribution < -0.4 is 0 Å². The summed E-state index contributed by atoms with van der Waals surface area (Å²) in [6, 6.07) is 4.18. The smallest absolute Gasteiger partial charge is 0.230 e. The van der Waals surface area contributed by atoms with Crippen molar-refractivity contribution in [3.05, 3.63) is 33.6 Å². The predicted molar refractivity (Wildman–Crippen MR) is 94.1 cm³/mol. The highest BCUT2D eigenvalue weighted by molar-refractivity contribution is 7.17. The summed E-state index contributed by atoms with van der Waals surface area (Å²) < 4.78 is 13.2. The SMILES string of the molecule is Oc1c([C@@H](c2cccs2)N2CCC3(CC2)OCCO3)sc2ncnn12. The summed E-state index contributed by atoms with van der Waals surface area (Å²) in [5, 5.41) is 16.9. The number of nitrogens with zero attached hydrogens (tertiary/aromatic N) is 4. The standard InChI is InChI=1S/C16H18N4O3S2/c21-14-13(25-15-17-10-18-20(14)15)12(11-2-1-9-24-11)19-5-3-16(4-6-19)22-7-8-23-16/h1-2,9-10,12,21H,3-8H2/t12-/m1/s1. The van der Waals surface area contributed by atoms with Crippen LogP contribution in [-0.2, 0) is 9.47 Å². The van der Waals surface area contributed by atoms with E-state index in [1.54, 1.807) is 11.3 Å². The fraction of sp³-hybridized carbons (Fsp3) is 0.500. The lowest BCUT2D eigenvalue weighted by molar-refractivity contribution is -0.187. The number of rotatable bonds is 3. The minimum Gasteiger partial charge on any atom is -0.492 e. The van der Waals surface area contributed by atoms with Gasteiger partial charge in [0.05, 0.1) is 24.1 Å². The number of aromatic hydroxyl groups is 1. The van der Waals surface area contributed by atoms with Crippen LogP contribution in [0.25, 0.3) is 4.96 Å². The van der Waals surface area contributed by atoms with Crippen molar-refractivity contribution in [3.8, 4) is 5.88 Å². The zero-order chi connectivity index (χ0) is 16.9. The van der Waals surface area contributed by atoms with Crippen LogP contribution in [0.15, 0.2) is 23.8 Å². The average molecular weight is 378 g/mol. The molecule has 0 aromatic carbocycles. The van der Waals surface area contributed by atoms with E-state index in [0.717, 1.165) is 30.8 Å². The molecule has 0 amide bonds. The zero-order valence-electron chi connectivity index (χ0n) is 13.5. The van der Waals surface area contributed by atoms with Gasteiger partial charge in [-0.05, 0) is 11.4 Å². The van der Waals surface area contributed by atoms with E-state index in [1.807, 2.05) is 0 Å². The van der Waals surface area contributed by atoms with Gasteiger partial charge in [-0.3, -0.25) is 4.90 Å². The van der Waals surface area contributed by atoms with E-state index in [-0.39, 0.29) is 11.9 Å². The molecule has 0 unspecified atom stereocenters. The number of fused-ring (bicyclic) bond motifs is 1. The van der Waals surface area contributed by atoms with Crippen molar-refractivity contribution in [3.63, 3.8) is 0 Å². The largest absolute Gasteiger partial charge is 0.492 e. The summed E-state index contributed by atoms with van der Waals surface area (Å²) in [5.41, 5.74) is 0. The van der Waals surface area contributed by atoms with Crippen molar-refractivity contribution in [2.24, 2.45) is 0 Å². The first kappa shape index (κ1) is 15.7. The van der Waals surface area contributed by atoms with Gasteiger partial charge in [-0.2, -0.15) is 9.61 Å². The maximum Gasteiger partial charge on any atom is 0.230 e. The van der Waals surface area contributed by atoms with Crippen molar-refractivity contribution in [1.82, 2.24) is 19.5 Å². The first-order valence-electron chi connectivity index (χ1n) is 8.32. The van der Waals surface area contributed by atoms with Crippen LogP contribution in [0, 0.1) is 0 Å². The van der Waals surface area contributed by atoms with Gasteiger partial charge in [0.2, 0.25) is 10.8 Å². The quantitative estimate of drug-likeness (QED) is 0.755. The zero-order valence-corrected chi connectivity index (χ0v) is 15.1. The Balaban J connectivity index is 1.49. The van der Waals surface area contributed by atoms with E-state index in [0.29, 0.717) is 18.2 Å². The second kappa shape index (κ2) is 6.03. The Kier molecular flexibility index (Phi) is 3.79. The highest BCUT2D eigenvalue weighted by Crippen LogP contribution is 2.43. The van der Waals surface area contributed by atoms with E-state index in [1.165, 1.54) is 27.1 Å². The summed E-state index contributed by atoms with van der Waals surface area (Å²) in [4.78, 5) is 9.43. The van der Waals surface area contributed by atoms with Gasteiger partial charge in [-0.25, -0.2) is 4.98 Å². The Morgan fingerprint density at radius 2 is 2.04 bits per heavy atom. The highest BCUT2D eigenvalue weighted by Gasteiger charge is 2.42. The summed E-state index contributed by atoms with van der Waals surface area (Å²) >= 11 is 3.20. The predicted octanol–water partition coefficient (Wildman–Crippen LogP) is 2.49. The number of aromatic nitrogens is 3. The summed E-state index contributed by atoms with van der Waals surface area (Å²) in [5.74, 6) is -0.214. The van der Waals surface area contributed by atoms with Gasteiger partial charge < -0.3 is 14.6 Å². The second-order valence-corrected chi connectivity index (χ2v) is 8.29. The number of hydrogen-bond donors (Lipinski definition) is 1. The van der Waals surface area contributed by atoms with E-state index < -0.39 is 5.79 Å². The van der Waals surface area contributed by atoms with E-state index in [4.69, 9.17) is 9.47 Å². The molecule has 5 heterocycles. The molecule has 7 nitrogen and oxygen atoms in total. The van der Waals surface area contributed by atoms with Gasteiger partial charge in [-0.15, -0.1) is 11.3 Å². The monoisotopic (exact) mass is 378 g/mol. The van der Waals surface area contributed by atoms with Gasteiger partial charge >= 0.3 is 0 Å². The first-order valence-corrected chi connectivity index (χ1v) is 10.0. The number of piperidine rings is 1. The topological polar surface area (TPSA) is 72.1 Å². The molecule has 3 aromatic heterocycles. The number of thiophene rings is 1. The molecule has 0 saturated carbocycles. The normalized spacial score (nSPS) is 22.1. The number of hydrogen-bond acceptors (Lipinski definition) is 8. The number of thiazole rings is 1. The summed E-state index contributed by atoms with van der Waals surface area (Å²) in [6.45, 7) is 3.08. The second-order valence-electron chi connectivity index (χ2n) is 6.31. The molecule has 2 saturated heterocycles. The lowest BCUT2D eigenvalue weighted by atomic mass is 10.0. The van der Waals surface area contributed by atoms with E-state index in [9.17, 15) is 5.11 Å². The van der Waals surface area contributed by atoms with Crippen molar-refractivity contribution in [2.75, 3.05) is 26.3 Å². The Morgan fingerprint density at radius 3 is 2.72 bits per heavy atom. The van der Waals surface area contributed by atoms with Gasteiger partial charge in [0.25, 0.3) is 0 Å². The van der Waals surface area contributed by atoms with Crippen molar-refractivity contribution in [2.45, 2.75) is 24.7 Å². The van der Waals surface area contributed by atoms with Crippen molar-refractivity contribution >= 4 is 27.6 Å². The third-order valence-corrected chi connectivity index (χ3v) is 6.95. The van der Waals surface area contributed by atoms with Gasteiger partial charge in [0.15, 0.2) is 5.79 Å². The van der Waals surface area contributed by atoms with Crippen LogP contribution in [0.4, 0.5) is 0 Å². The maximum absolute atomic E-state index is 10.7. The highest BCUT2D eigenvalue weighted by atomic mass is 32.1.